The van der Waals surface area contributed by atoms with Crippen molar-refractivity contribution in [1.29, 1.82) is 0 Å². The van der Waals surface area contributed by atoms with E-state index < -0.39 is 11.5 Å². The van der Waals surface area contributed by atoms with Crippen LogP contribution in [0, 0.1) is 0 Å². The lowest BCUT2D eigenvalue weighted by atomic mass is 9.93. The van der Waals surface area contributed by atoms with Gasteiger partial charge in [0.25, 0.3) is 0 Å². The molecule has 0 aromatic rings. The Kier molecular flexibility index (Phi) is 6.08. The molecule has 0 spiro atoms. The van der Waals surface area contributed by atoms with E-state index >= 15 is 0 Å². The number of aliphatic carboxylic acids is 1. The molecule has 1 atom stereocenters. The molecule has 0 bridgehead atoms. The monoisotopic (exact) mass is 272 g/mol. The van der Waals surface area contributed by atoms with Crippen LogP contribution in [0.5, 0.6) is 0 Å². The van der Waals surface area contributed by atoms with Gasteiger partial charge in [0.15, 0.2) is 0 Å². The van der Waals surface area contributed by atoms with Crippen molar-refractivity contribution in [2.24, 2.45) is 0 Å². The fourth-order valence-electron chi connectivity index (χ4n) is 2.55. The number of carbonyl (C=O) groups excluding carboxylic acids is 1. The average Bonchev–Trinajstić information content (AvgIpc) is 2.73. The molecule has 19 heavy (non-hydrogen) atoms. The lowest BCUT2D eigenvalue weighted by Crippen LogP contribution is -2.53. The Balaban J connectivity index is 2.45. The SMILES string of the molecule is COCCC(C)NC(=O)NC1(CC(=O)O)CCCC1. The van der Waals surface area contributed by atoms with Crippen molar-refractivity contribution < 1.29 is 19.4 Å². The number of carbonyl (C=O) groups is 2. The molecule has 1 aliphatic rings. The first-order valence-corrected chi connectivity index (χ1v) is 6.77. The van der Waals surface area contributed by atoms with Gasteiger partial charge >= 0.3 is 12.0 Å². The Hall–Kier alpha value is -1.30. The van der Waals surface area contributed by atoms with E-state index in [1.807, 2.05) is 6.92 Å². The number of ether oxygens (including phenoxy) is 1. The van der Waals surface area contributed by atoms with Crippen LogP contribution in [0.4, 0.5) is 4.79 Å². The van der Waals surface area contributed by atoms with E-state index in [9.17, 15) is 9.59 Å². The summed E-state index contributed by atoms with van der Waals surface area (Å²) in [7, 11) is 1.62. The zero-order chi connectivity index (χ0) is 14.3. The summed E-state index contributed by atoms with van der Waals surface area (Å²) in [5.41, 5.74) is -0.573. The first kappa shape index (κ1) is 15.8. The second kappa shape index (κ2) is 7.33. The van der Waals surface area contributed by atoms with Gasteiger partial charge in [-0.05, 0) is 26.2 Å². The molecule has 6 nitrogen and oxygen atoms in total. The minimum atomic E-state index is -0.866. The van der Waals surface area contributed by atoms with Crippen LogP contribution in [0.3, 0.4) is 0 Å². The molecule has 1 unspecified atom stereocenters. The van der Waals surface area contributed by atoms with Crippen molar-refractivity contribution in [3.8, 4) is 0 Å². The summed E-state index contributed by atoms with van der Waals surface area (Å²) in [4.78, 5) is 22.8. The van der Waals surface area contributed by atoms with E-state index in [1.165, 1.54) is 0 Å². The number of methoxy groups -OCH3 is 1. The summed E-state index contributed by atoms with van der Waals surface area (Å²) in [6.45, 7) is 2.48. The number of rotatable bonds is 7. The number of carboxylic acids is 1. The third kappa shape index (κ3) is 5.46. The third-order valence-electron chi connectivity index (χ3n) is 3.56. The summed E-state index contributed by atoms with van der Waals surface area (Å²) in [6, 6.07) is -0.282. The molecule has 0 radical (unpaired) electrons. The van der Waals surface area contributed by atoms with E-state index in [-0.39, 0.29) is 18.5 Å². The predicted molar refractivity (Wildman–Crippen MR) is 71.1 cm³/mol. The molecule has 3 N–H and O–H groups in total. The zero-order valence-electron chi connectivity index (χ0n) is 11.7. The Labute approximate surface area is 113 Å². The van der Waals surface area contributed by atoms with Gasteiger partial charge in [-0.15, -0.1) is 0 Å². The van der Waals surface area contributed by atoms with Crippen molar-refractivity contribution in [2.75, 3.05) is 13.7 Å². The highest BCUT2D eigenvalue weighted by Crippen LogP contribution is 2.32. The summed E-state index contributed by atoms with van der Waals surface area (Å²) in [5, 5.41) is 14.6. The number of urea groups is 1. The average molecular weight is 272 g/mol. The topological polar surface area (TPSA) is 87.7 Å². The molecule has 2 amide bonds. The first-order valence-electron chi connectivity index (χ1n) is 6.77. The predicted octanol–water partition coefficient (Wildman–Crippen LogP) is 1.50. The van der Waals surface area contributed by atoms with Crippen LogP contribution in [0.15, 0.2) is 0 Å². The molecule has 1 saturated carbocycles. The Morgan fingerprint density at radius 2 is 2.00 bits per heavy atom. The van der Waals surface area contributed by atoms with Gasteiger partial charge in [0.05, 0.1) is 12.0 Å². The van der Waals surface area contributed by atoms with E-state index in [0.29, 0.717) is 6.61 Å². The van der Waals surface area contributed by atoms with Crippen molar-refractivity contribution in [2.45, 2.75) is 57.0 Å². The molecule has 1 rings (SSSR count). The lowest BCUT2D eigenvalue weighted by molar-refractivity contribution is -0.138. The van der Waals surface area contributed by atoms with Gasteiger partial charge in [-0.25, -0.2) is 4.79 Å². The van der Waals surface area contributed by atoms with Crippen LogP contribution >= 0.6 is 0 Å². The number of amides is 2. The van der Waals surface area contributed by atoms with Gasteiger partial charge in [-0.1, -0.05) is 12.8 Å². The van der Waals surface area contributed by atoms with Crippen LogP contribution in [-0.2, 0) is 9.53 Å². The standard InChI is InChI=1S/C13H24N2O4/c1-10(5-8-19-2)14-12(18)15-13(9-11(16)17)6-3-4-7-13/h10H,3-9H2,1-2H3,(H,16,17)(H2,14,15,18). The highest BCUT2D eigenvalue weighted by atomic mass is 16.5. The van der Waals surface area contributed by atoms with Gasteiger partial charge in [-0.3, -0.25) is 4.79 Å². The molecule has 0 heterocycles. The summed E-state index contributed by atoms with van der Waals surface area (Å²) in [5.74, 6) is -0.866. The molecular weight excluding hydrogens is 248 g/mol. The maximum absolute atomic E-state index is 11.9. The Morgan fingerprint density at radius 3 is 2.53 bits per heavy atom. The molecule has 0 aliphatic heterocycles. The lowest BCUT2D eigenvalue weighted by Gasteiger charge is -2.29. The summed E-state index contributed by atoms with van der Waals surface area (Å²) >= 11 is 0. The highest BCUT2D eigenvalue weighted by Gasteiger charge is 2.37. The summed E-state index contributed by atoms with van der Waals surface area (Å²) < 4.78 is 4.95. The Morgan fingerprint density at radius 1 is 1.37 bits per heavy atom. The minimum Gasteiger partial charge on any atom is -0.481 e. The second-order valence-electron chi connectivity index (χ2n) is 5.34. The molecule has 6 heteroatoms. The van der Waals surface area contributed by atoms with Crippen molar-refractivity contribution >= 4 is 12.0 Å². The summed E-state index contributed by atoms with van der Waals surface area (Å²) in [6.07, 6.45) is 4.13. The van der Waals surface area contributed by atoms with E-state index in [4.69, 9.17) is 9.84 Å². The number of hydrogen-bond donors (Lipinski definition) is 3. The molecule has 0 aromatic heterocycles. The number of nitrogens with one attached hydrogen (secondary N) is 2. The molecule has 1 aliphatic carbocycles. The van der Waals surface area contributed by atoms with Crippen molar-refractivity contribution in [3.63, 3.8) is 0 Å². The van der Waals surface area contributed by atoms with Crippen molar-refractivity contribution in [1.82, 2.24) is 10.6 Å². The van der Waals surface area contributed by atoms with Gasteiger partial charge in [0, 0.05) is 19.8 Å². The number of carboxylic acid groups (broad SMARTS) is 1. The second-order valence-corrected chi connectivity index (χ2v) is 5.34. The van der Waals surface area contributed by atoms with Crippen LogP contribution < -0.4 is 10.6 Å². The molecule has 0 aromatic carbocycles. The molecule has 1 fully saturated rings. The fraction of sp³-hybridized carbons (Fsp3) is 0.846. The maximum atomic E-state index is 11.9. The molecule has 110 valence electrons. The quantitative estimate of drug-likeness (QED) is 0.655. The van der Waals surface area contributed by atoms with Gasteiger partial charge in [-0.2, -0.15) is 0 Å². The number of hydrogen-bond acceptors (Lipinski definition) is 3. The van der Waals surface area contributed by atoms with E-state index in [0.717, 1.165) is 32.1 Å². The zero-order valence-corrected chi connectivity index (χ0v) is 11.7. The third-order valence-corrected chi connectivity index (χ3v) is 3.56. The smallest absolute Gasteiger partial charge is 0.315 e. The molecule has 0 saturated heterocycles. The fourth-order valence-corrected chi connectivity index (χ4v) is 2.55. The van der Waals surface area contributed by atoms with Crippen LogP contribution in [0.25, 0.3) is 0 Å². The maximum Gasteiger partial charge on any atom is 0.315 e. The van der Waals surface area contributed by atoms with Crippen LogP contribution in [0.1, 0.15) is 45.4 Å². The first-order chi connectivity index (χ1) is 8.97. The Bertz CT molecular complexity index is 314. The van der Waals surface area contributed by atoms with Gasteiger partial charge < -0.3 is 20.5 Å². The minimum absolute atomic E-state index is 0.00299. The van der Waals surface area contributed by atoms with E-state index in [1.54, 1.807) is 7.11 Å². The highest BCUT2D eigenvalue weighted by molar-refractivity contribution is 5.77. The van der Waals surface area contributed by atoms with Crippen LogP contribution in [0.2, 0.25) is 0 Å². The van der Waals surface area contributed by atoms with Crippen LogP contribution in [-0.4, -0.2) is 42.4 Å². The van der Waals surface area contributed by atoms with Gasteiger partial charge in [0.2, 0.25) is 0 Å². The normalized spacial score (nSPS) is 18.8. The van der Waals surface area contributed by atoms with Gasteiger partial charge in [0.1, 0.15) is 0 Å². The van der Waals surface area contributed by atoms with Crippen molar-refractivity contribution in [3.05, 3.63) is 0 Å². The molecular formula is C13H24N2O4. The van der Waals surface area contributed by atoms with E-state index in [2.05, 4.69) is 10.6 Å². The largest absolute Gasteiger partial charge is 0.481 e.